The summed E-state index contributed by atoms with van der Waals surface area (Å²) in [5, 5.41) is 50.8. The molecule has 27 heavy (non-hydrogen) atoms. The molecule has 0 heterocycles. The third-order valence-electron chi connectivity index (χ3n) is 3.08. The number of esters is 1. The molecule has 0 fully saturated rings. The standard InChI is InChI=1S/C8H8O3.C6H15NO3.C4H10O2/c1-11-8(10)6-2-4-7(9)5-3-6;8-4-1-7(2-5-9)3-6-10;1-4(6)2-3-5/h2-5,9H,1H3;8-10H,1-6H2;4-6H,2-3H2,1H3. The molecule has 1 unspecified atom stereocenters. The first-order chi connectivity index (χ1) is 12.9. The molecule has 0 aromatic heterocycles. The van der Waals surface area contributed by atoms with E-state index in [-0.39, 0.29) is 38.3 Å². The molecule has 0 saturated carbocycles. The largest absolute Gasteiger partial charge is 0.508 e. The van der Waals surface area contributed by atoms with Crippen molar-refractivity contribution in [2.45, 2.75) is 19.4 Å². The van der Waals surface area contributed by atoms with Gasteiger partial charge in [-0.2, -0.15) is 0 Å². The molecule has 1 atom stereocenters. The Kier molecular flexibility index (Phi) is 19.4. The summed E-state index contributed by atoms with van der Waals surface area (Å²) in [7, 11) is 1.31. The predicted octanol–water partition coefficient (Wildman–Crippen LogP) is -0.806. The maximum atomic E-state index is 10.8. The SMILES string of the molecule is CC(O)CCO.COC(=O)c1ccc(O)cc1.OCCN(CCO)CCO. The highest BCUT2D eigenvalue weighted by Gasteiger charge is 2.02. The summed E-state index contributed by atoms with van der Waals surface area (Å²) in [6, 6.07) is 5.88. The molecule has 0 aliphatic carbocycles. The number of carbonyl (C=O) groups is 1. The molecule has 1 aromatic rings. The molecule has 6 N–H and O–H groups in total. The molecule has 9 nitrogen and oxygen atoms in total. The van der Waals surface area contributed by atoms with Crippen molar-refractivity contribution in [2.24, 2.45) is 0 Å². The van der Waals surface area contributed by atoms with Crippen LogP contribution in [0.3, 0.4) is 0 Å². The molecule has 1 aromatic carbocycles. The van der Waals surface area contributed by atoms with Gasteiger partial charge in [-0.1, -0.05) is 0 Å². The van der Waals surface area contributed by atoms with Crippen LogP contribution in [0.2, 0.25) is 0 Å². The van der Waals surface area contributed by atoms with Crippen LogP contribution in [0.4, 0.5) is 0 Å². The number of nitrogens with zero attached hydrogens (tertiary/aromatic N) is 1. The summed E-state index contributed by atoms with van der Waals surface area (Å²) in [6.07, 6.45) is 0.134. The number of phenols is 1. The number of rotatable bonds is 9. The van der Waals surface area contributed by atoms with Crippen LogP contribution >= 0.6 is 0 Å². The number of aromatic hydroxyl groups is 1. The number of phenolic OH excluding ortho intramolecular Hbond substituents is 1. The maximum Gasteiger partial charge on any atom is 0.337 e. The van der Waals surface area contributed by atoms with Crippen molar-refractivity contribution in [3.63, 3.8) is 0 Å². The van der Waals surface area contributed by atoms with E-state index in [0.717, 1.165) is 0 Å². The minimum atomic E-state index is -0.398. The monoisotopic (exact) mass is 391 g/mol. The molecule has 0 aliphatic rings. The predicted molar refractivity (Wildman–Crippen MR) is 101 cm³/mol. The lowest BCUT2D eigenvalue weighted by atomic mass is 10.2. The fraction of sp³-hybridized carbons (Fsp3) is 0.611. The van der Waals surface area contributed by atoms with Crippen molar-refractivity contribution < 1.29 is 40.2 Å². The first-order valence-corrected chi connectivity index (χ1v) is 8.57. The van der Waals surface area contributed by atoms with Crippen LogP contribution in [0.5, 0.6) is 5.75 Å². The lowest BCUT2D eigenvalue weighted by molar-refractivity contribution is 0.0600. The van der Waals surface area contributed by atoms with E-state index in [1.54, 1.807) is 11.8 Å². The van der Waals surface area contributed by atoms with E-state index in [0.29, 0.717) is 31.6 Å². The third kappa shape index (κ3) is 17.4. The van der Waals surface area contributed by atoms with E-state index in [1.807, 2.05) is 0 Å². The van der Waals surface area contributed by atoms with Crippen LogP contribution in [0.25, 0.3) is 0 Å². The van der Waals surface area contributed by atoms with Gasteiger partial charge in [-0.15, -0.1) is 0 Å². The maximum absolute atomic E-state index is 10.8. The molecular weight excluding hydrogens is 358 g/mol. The van der Waals surface area contributed by atoms with E-state index in [9.17, 15) is 4.79 Å². The van der Waals surface area contributed by atoms with Gasteiger partial charge in [-0.25, -0.2) is 4.79 Å². The molecule has 158 valence electrons. The molecule has 9 heteroatoms. The molecule has 0 aliphatic heterocycles. The average Bonchev–Trinajstić information content (AvgIpc) is 2.63. The number of ether oxygens (including phenoxy) is 1. The first kappa shape index (κ1) is 27.5. The second-order valence-electron chi connectivity index (χ2n) is 5.41. The Hall–Kier alpha value is -1.75. The summed E-state index contributed by atoms with van der Waals surface area (Å²) in [4.78, 5) is 12.6. The zero-order valence-corrected chi connectivity index (χ0v) is 16.0. The summed E-state index contributed by atoms with van der Waals surface area (Å²) in [5.41, 5.74) is 0.435. The summed E-state index contributed by atoms with van der Waals surface area (Å²) in [5.74, 6) is -0.261. The van der Waals surface area contributed by atoms with Gasteiger partial charge >= 0.3 is 5.97 Å². The Morgan fingerprint density at radius 3 is 1.67 bits per heavy atom. The molecule has 0 spiro atoms. The molecule has 0 amide bonds. The molecule has 1 rings (SSSR count). The van der Waals surface area contributed by atoms with Crippen molar-refractivity contribution in [1.29, 1.82) is 0 Å². The Balaban J connectivity index is 0. The first-order valence-electron chi connectivity index (χ1n) is 8.57. The minimum absolute atomic E-state index is 0.0694. The highest BCUT2D eigenvalue weighted by molar-refractivity contribution is 5.89. The van der Waals surface area contributed by atoms with Crippen LogP contribution in [0, 0.1) is 0 Å². The lowest BCUT2D eigenvalue weighted by Crippen LogP contribution is -2.32. The van der Waals surface area contributed by atoms with Gasteiger partial charge in [0.2, 0.25) is 0 Å². The summed E-state index contributed by atoms with van der Waals surface area (Å²) in [6.45, 7) is 3.48. The highest BCUT2D eigenvalue weighted by Crippen LogP contribution is 2.09. The fourth-order valence-electron chi connectivity index (χ4n) is 1.66. The van der Waals surface area contributed by atoms with Crippen molar-refractivity contribution in [1.82, 2.24) is 4.90 Å². The normalized spacial score (nSPS) is 11.0. The van der Waals surface area contributed by atoms with E-state index in [2.05, 4.69) is 4.74 Å². The third-order valence-corrected chi connectivity index (χ3v) is 3.08. The Morgan fingerprint density at radius 2 is 1.41 bits per heavy atom. The van der Waals surface area contributed by atoms with Gasteiger partial charge in [0.15, 0.2) is 0 Å². The van der Waals surface area contributed by atoms with Gasteiger partial charge in [0.05, 0.1) is 38.6 Å². The van der Waals surface area contributed by atoms with Gasteiger partial charge in [-0.05, 0) is 37.6 Å². The number of benzene rings is 1. The van der Waals surface area contributed by atoms with Gasteiger partial charge in [0.25, 0.3) is 0 Å². The number of hydrogen-bond acceptors (Lipinski definition) is 9. The Morgan fingerprint density at radius 1 is 0.963 bits per heavy atom. The number of hydrogen-bond donors (Lipinski definition) is 6. The summed E-state index contributed by atoms with van der Waals surface area (Å²) < 4.78 is 4.46. The number of carbonyl (C=O) groups excluding carboxylic acids is 1. The minimum Gasteiger partial charge on any atom is -0.508 e. The van der Waals surface area contributed by atoms with Crippen molar-refractivity contribution in [2.75, 3.05) is 53.2 Å². The van der Waals surface area contributed by atoms with E-state index >= 15 is 0 Å². The second kappa shape index (κ2) is 19.0. The highest BCUT2D eigenvalue weighted by atomic mass is 16.5. The molecule has 0 bridgehead atoms. The van der Waals surface area contributed by atoms with Gasteiger partial charge in [-0.3, -0.25) is 4.90 Å². The van der Waals surface area contributed by atoms with Crippen LogP contribution in [-0.2, 0) is 4.74 Å². The van der Waals surface area contributed by atoms with Crippen LogP contribution in [0.15, 0.2) is 24.3 Å². The van der Waals surface area contributed by atoms with Crippen LogP contribution in [-0.4, -0.2) is 101 Å². The van der Waals surface area contributed by atoms with Crippen LogP contribution < -0.4 is 0 Å². The smallest absolute Gasteiger partial charge is 0.337 e. The van der Waals surface area contributed by atoms with Crippen molar-refractivity contribution in [3.05, 3.63) is 29.8 Å². The average molecular weight is 391 g/mol. The summed E-state index contributed by atoms with van der Waals surface area (Å²) >= 11 is 0. The fourth-order valence-corrected chi connectivity index (χ4v) is 1.66. The van der Waals surface area contributed by atoms with Gasteiger partial charge in [0, 0.05) is 26.2 Å². The molecule has 0 radical (unpaired) electrons. The van der Waals surface area contributed by atoms with Gasteiger partial charge in [0.1, 0.15) is 5.75 Å². The Bertz CT molecular complexity index is 439. The molecular formula is C18H33NO8. The Labute approximate surface area is 160 Å². The zero-order valence-electron chi connectivity index (χ0n) is 16.0. The zero-order chi connectivity index (χ0) is 21.1. The van der Waals surface area contributed by atoms with E-state index in [4.69, 9.17) is 30.6 Å². The van der Waals surface area contributed by atoms with Crippen molar-refractivity contribution >= 4 is 5.97 Å². The lowest BCUT2D eigenvalue weighted by Gasteiger charge is -2.17. The van der Waals surface area contributed by atoms with E-state index in [1.165, 1.54) is 31.4 Å². The second-order valence-corrected chi connectivity index (χ2v) is 5.41. The number of aliphatic hydroxyl groups is 5. The number of aliphatic hydroxyl groups excluding tert-OH is 5. The quantitative estimate of drug-likeness (QED) is 0.297. The topological polar surface area (TPSA) is 151 Å². The van der Waals surface area contributed by atoms with E-state index < -0.39 is 5.97 Å². The van der Waals surface area contributed by atoms with Crippen LogP contribution in [0.1, 0.15) is 23.7 Å². The van der Waals surface area contributed by atoms with Gasteiger partial charge < -0.3 is 35.4 Å². The van der Waals surface area contributed by atoms with Crippen molar-refractivity contribution in [3.8, 4) is 5.75 Å². The molecule has 0 saturated heterocycles. The number of methoxy groups -OCH3 is 1.